The van der Waals surface area contributed by atoms with Gasteiger partial charge in [-0.05, 0) is 31.9 Å². The Kier molecular flexibility index (Phi) is 5.53. The SMILES string of the molecule is CCCC(CC)NC(=O)Nc1ccc(C)cc1. The molecule has 3 nitrogen and oxygen atoms in total. The summed E-state index contributed by atoms with van der Waals surface area (Å²) in [6.45, 7) is 6.24. The summed E-state index contributed by atoms with van der Waals surface area (Å²) in [6.07, 6.45) is 3.08. The first-order valence-corrected chi connectivity index (χ1v) is 6.29. The summed E-state index contributed by atoms with van der Waals surface area (Å²) in [5, 5.41) is 5.82. The van der Waals surface area contributed by atoms with Crippen molar-refractivity contribution >= 4 is 11.7 Å². The first kappa shape index (κ1) is 13.6. The first-order valence-electron chi connectivity index (χ1n) is 6.29. The second kappa shape index (κ2) is 6.94. The van der Waals surface area contributed by atoms with Crippen LogP contribution in [0.4, 0.5) is 10.5 Å². The van der Waals surface area contributed by atoms with E-state index >= 15 is 0 Å². The van der Waals surface area contributed by atoms with Gasteiger partial charge in [-0.3, -0.25) is 0 Å². The number of benzene rings is 1. The molecule has 1 unspecified atom stereocenters. The van der Waals surface area contributed by atoms with Crippen LogP contribution in [0, 0.1) is 6.92 Å². The van der Waals surface area contributed by atoms with Crippen LogP contribution in [0.5, 0.6) is 0 Å². The molecule has 3 heteroatoms. The van der Waals surface area contributed by atoms with E-state index in [1.807, 2.05) is 31.2 Å². The lowest BCUT2D eigenvalue weighted by atomic mass is 10.1. The van der Waals surface area contributed by atoms with Crippen molar-refractivity contribution in [3.05, 3.63) is 29.8 Å². The highest BCUT2D eigenvalue weighted by Gasteiger charge is 2.08. The maximum atomic E-state index is 11.7. The fraction of sp³-hybridized carbons (Fsp3) is 0.500. The molecule has 1 atom stereocenters. The van der Waals surface area contributed by atoms with Crippen LogP contribution in [0.25, 0.3) is 0 Å². The van der Waals surface area contributed by atoms with Gasteiger partial charge >= 0.3 is 6.03 Å². The van der Waals surface area contributed by atoms with Crippen molar-refractivity contribution < 1.29 is 4.79 Å². The van der Waals surface area contributed by atoms with Gasteiger partial charge in [0.05, 0.1) is 0 Å². The van der Waals surface area contributed by atoms with Gasteiger partial charge in [0.2, 0.25) is 0 Å². The van der Waals surface area contributed by atoms with Crippen molar-refractivity contribution in [2.24, 2.45) is 0 Å². The van der Waals surface area contributed by atoms with E-state index in [0.29, 0.717) is 0 Å². The number of amides is 2. The molecule has 0 saturated heterocycles. The van der Waals surface area contributed by atoms with Crippen molar-refractivity contribution in [1.82, 2.24) is 5.32 Å². The van der Waals surface area contributed by atoms with Gasteiger partial charge in [0.1, 0.15) is 0 Å². The van der Waals surface area contributed by atoms with E-state index < -0.39 is 0 Å². The van der Waals surface area contributed by atoms with Gasteiger partial charge in [0.15, 0.2) is 0 Å². The molecule has 2 N–H and O–H groups in total. The lowest BCUT2D eigenvalue weighted by molar-refractivity contribution is 0.247. The predicted octanol–water partition coefficient (Wildman–Crippen LogP) is 3.70. The quantitative estimate of drug-likeness (QED) is 0.801. The molecule has 0 heterocycles. The van der Waals surface area contributed by atoms with Crippen molar-refractivity contribution in [3.8, 4) is 0 Å². The smallest absolute Gasteiger partial charge is 0.319 e. The molecule has 1 rings (SSSR count). The second-order valence-corrected chi connectivity index (χ2v) is 4.36. The number of rotatable bonds is 5. The van der Waals surface area contributed by atoms with E-state index in [4.69, 9.17) is 0 Å². The molecule has 94 valence electrons. The zero-order chi connectivity index (χ0) is 12.7. The van der Waals surface area contributed by atoms with E-state index in [2.05, 4.69) is 24.5 Å². The highest BCUT2D eigenvalue weighted by Crippen LogP contribution is 2.08. The Morgan fingerprint density at radius 3 is 2.41 bits per heavy atom. The molecule has 1 aromatic carbocycles. The zero-order valence-electron chi connectivity index (χ0n) is 10.9. The average molecular weight is 234 g/mol. The van der Waals surface area contributed by atoms with Crippen LogP contribution >= 0.6 is 0 Å². The minimum Gasteiger partial charge on any atom is -0.335 e. The number of aryl methyl sites for hydroxylation is 1. The molecular weight excluding hydrogens is 212 g/mol. The van der Waals surface area contributed by atoms with Gasteiger partial charge in [0.25, 0.3) is 0 Å². The topological polar surface area (TPSA) is 41.1 Å². The van der Waals surface area contributed by atoms with Gasteiger partial charge in [0, 0.05) is 11.7 Å². The van der Waals surface area contributed by atoms with Crippen LogP contribution in [-0.2, 0) is 0 Å². The maximum absolute atomic E-state index is 11.7. The molecule has 1 aromatic rings. The van der Waals surface area contributed by atoms with Crippen LogP contribution in [0.3, 0.4) is 0 Å². The van der Waals surface area contributed by atoms with Crippen molar-refractivity contribution in [2.45, 2.75) is 46.1 Å². The first-order chi connectivity index (χ1) is 8.15. The molecule has 17 heavy (non-hydrogen) atoms. The van der Waals surface area contributed by atoms with Gasteiger partial charge < -0.3 is 10.6 Å². The third-order valence-electron chi connectivity index (χ3n) is 2.77. The molecule has 0 aliphatic carbocycles. The van der Waals surface area contributed by atoms with E-state index in [1.165, 1.54) is 5.56 Å². The van der Waals surface area contributed by atoms with Crippen molar-refractivity contribution in [3.63, 3.8) is 0 Å². The summed E-state index contributed by atoms with van der Waals surface area (Å²) in [5.41, 5.74) is 2.02. The van der Waals surface area contributed by atoms with Gasteiger partial charge in [-0.1, -0.05) is 38.0 Å². The molecule has 0 bridgehead atoms. The van der Waals surface area contributed by atoms with Crippen LogP contribution in [-0.4, -0.2) is 12.1 Å². The minimum atomic E-state index is -0.117. The molecule has 0 aliphatic rings. The van der Waals surface area contributed by atoms with E-state index in [1.54, 1.807) is 0 Å². The number of nitrogens with one attached hydrogen (secondary N) is 2. The number of anilines is 1. The Morgan fingerprint density at radius 1 is 1.24 bits per heavy atom. The summed E-state index contributed by atoms with van der Waals surface area (Å²) in [7, 11) is 0. The normalized spacial score (nSPS) is 11.9. The predicted molar refractivity (Wildman–Crippen MR) is 72.3 cm³/mol. The number of carbonyl (C=O) groups excluding carboxylic acids is 1. The molecule has 0 aliphatic heterocycles. The number of hydrogen-bond donors (Lipinski definition) is 2. The largest absolute Gasteiger partial charge is 0.335 e. The molecule has 0 radical (unpaired) electrons. The molecule has 0 saturated carbocycles. The molecule has 2 amide bonds. The van der Waals surface area contributed by atoms with Gasteiger partial charge in [-0.15, -0.1) is 0 Å². The van der Waals surface area contributed by atoms with Crippen molar-refractivity contribution in [1.29, 1.82) is 0 Å². The summed E-state index contributed by atoms with van der Waals surface area (Å²) in [4.78, 5) is 11.7. The molecule has 0 spiro atoms. The Morgan fingerprint density at radius 2 is 1.88 bits per heavy atom. The average Bonchev–Trinajstić information content (AvgIpc) is 2.31. The second-order valence-electron chi connectivity index (χ2n) is 4.36. The monoisotopic (exact) mass is 234 g/mol. The summed E-state index contributed by atoms with van der Waals surface area (Å²) >= 11 is 0. The number of hydrogen-bond acceptors (Lipinski definition) is 1. The lowest BCUT2D eigenvalue weighted by Gasteiger charge is -2.16. The van der Waals surface area contributed by atoms with Crippen LogP contribution < -0.4 is 10.6 Å². The summed E-state index contributed by atoms with van der Waals surface area (Å²) in [6, 6.07) is 7.95. The Balaban J connectivity index is 2.46. The fourth-order valence-corrected chi connectivity index (χ4v) is 1.72. The number of urea groups is 1. The van der Waals surface area contributed by atoms with E-state index in [0.717, 1.165) is 24.9 Å². The van der Waals surface area contributed by atoms with Crippen LogP contribution in [0.1, 0.15) is 38.7 Å². The summed E-state index contributed by atoms with van der Waals surface area (Å²) < 4.78 is 0. The third-order valence-corrected chi connectivity index (χ3v) is 2.77. The van der Waals surface area contributed by atoms with E-state index in [-0.39, 0.29) is 12.1 Å². The van der Waals surface area contributed by atoms with Crippen LogP contribution in [0.15, 0.2) is 24.3 Å². The molecule has 0 fully saturated rings. The fourth-order valence-electron chi connectivity index (χ4n) is 1.72. The Bertz CT molecular complexity index is 346. The van der Waals surface area contributed by atoms with Gasteiger partial charge in [-0.25, -0.2) is 4.79 Å². The van der Waals surface area contributed by atoms with Crippen molar-refractivity contribution in [2.75, 3.05) is 5.32 Å². The molecule has 0 aromatic heterocycles. The zero-order valence-corrected chi connectivity index (χ0v) is 10.9. The standard InChI is InChI=1S/C14H22N2O/c1-4-6-12(5-2)15-14(17)16-13-9-7-11(3)8-10-13/h7-10,12H,4-6H2,1-3H3,(H2,15,16,17). The third kappa shape index (κ3) is 4.89. The van der Waals surface area contributed by atoms with Crippen LogP contribution in [0.2, 0.25) is 0 Å². The van der Waals surface area contributed by atoms with Gasteiger partial charge in [-0.2, -0.15) is 0 Å². The molecular formula is C14H22N2O. The van der Waals surface area contributed by atoms with E-state index in [9.17, 15) is 4.79 Å². The Hall–Kier alpha value is -1.51. The summed E-state index contributed by atoms with van der Waals surface area (Å²) in [5.74, 6) is 0. The maximum Gasteiger partial charge on any atom is 0.319 e. The number of carbonyl (C=O) groups is 1. The highest BCUT2D eigenvalue weighted by molar-refractivity contribution is 5.89. The Labute approximate surface area is 104 Å². The lowest BCUT2D eigenvalue weighted by Crippen LogP contribution is -2.37. The minimum absolute atomic E-state index is 0.117. The highest BCUT2D eigenvalue weighted by atomic mass is 16.2.